The summed E-state index contributed by atoms with van der Waals surface area (Å²) in [7, 11) is 1.41. The van der Waals surface area contributed by atoms with Crippen molar-refractivity contribution in [2.45, 2.75) is 24.7 Å². The zero-order valence-corrected chi connectivity index (χ0v) is 10.7. The van der Waals surface area contributed by atoms with Crippen LogP contribution in [0.1, 0.15) is 24.8 Å². The number of ether oxygens (including phenoxy) is 2. The van der Waals surface area contributed by atoms with E-state index in [4.69, 9.17) is 9.47 Å². The van der Waals surface area contributed by atoms with Crippen molar-refractivity contribution < 1.29 is 19.1 Å². The first-order valence-electron chi connectivity index (χ1n) is 6.31. The molecule has 0 radical (unpaired) electrons. The van der Waals surface area contributed by atoms with E-state index in [1.54, 1.807) is 6.07 Å². The number of amides is 1. The first-order valence-corrected chi connectivity index (χ1v) is 6.31. The highest BCUT2D eigenvalue weighted by atomic mass is 16.5. The fraction of sp³-hybridized carbons (Fsp3) is 0.429. The molecule has 1 aromatic carbocycles. The van der Waals surface area contributed by atoms with Gasteiger partial charge in [-0.15, -0.1) is 0 Å². The van der Waals surface area contributed by atoms with Gasteiger partial charge in [-0.3, -0.25) is 9.59 Å². The molecule has 19 heavy (non-hydrogen) atoms. The highest BCUT2D eigenvalue weighted by molar-refractivity contribution is 5.95. The molecule has 0 saturated heterocycles. The minimum Gasteiger partial charge on any atom is -0.482 e. The smallest absolute Gasteiger partial charge is 0.316 e. The number of carbonyl (C=O) groups excluding carboxylic acids is 2. The third-order valence-corrected chi connectivity index (χ3v) is 3.95. The lowest BCUT2D eigenvalue weighted by Crippen LogP contribution is -2.43. The lowest BCUT2D eigenvalue weighted by Gasteiger charge is -2.39. The maximum atomic E-state index is 12.0. The van der Waals surface area contributed by atoms with Crippen molar-refractivity contribution in [3.8, 4) is 5.75 Å². The average Bonchev–Trinajstić information content (AvgIpc) is 2.37. The largest absolute Gasteiger partial charge is 0.482 e. The zero-order valence-electron chi connectivity index (χ0n) is 10.7. The predicted octanol–water partition coefficient (Wildman–Crippen LogP) is 1.61. The van der Waals surface area contributed by atoms with Crippen LogP contribution in [0.5, 0.6) is 5.75 Å². The molecule has 0 unspecified atom stereocenters. The first-order chi connectivity index (χ1) is 9.15. The third kappa shape index (κ3) is 1.77. The van der Waals surface area contributed by atoms with Crippen molar-refractivity contribution in [2.24, 2.45) is 0 Å². The van der Waals surface area contributed by atoms with Crippen molar-refractivity contribution in [3.05, 3.63) is 23.8 Å². The molecule has 0 spiro atoms. The number of anilines is 1. The summed E-state index contributed by atoms with van der Waals surface area (Å²) in [6.45, 7) is 0.0156. The topological polar surface area (TPSA) is 64.6 Å². The van der Waals surface area contributed by atoms with Crippen LogP contribution in [0.4, 0.5) is 5.69 Å². The van der Waals surface area contributed by atoms with Gasteiger partial charge in [-0.25, -0.2) is 0 Å². The van der Waals surface area contributed by atoms with E-state index in [0.717, 1.165) is 24.8 Å². The van der Waals surface area contributed by atoms with Gasteiger partial charge in [0.15, 0.2) is 6.61 Å². The summed E-state index contributed by atoms with van der Waals surface area (Å²) in [6, 6.07) is 5.49. The fourth-order valence-electron chi connectivity index (χ4n) is 2.71. The molecular weight excluding hydrogens is 246 g/mol. The molecular formula is C14H15NO4. The molecule has 1 fully saturated rings. The van der Waals surface area contributed by atoms with E-state index in [-0.39, 0.29) is 18.5 Å². The van der Waals surface area contributed by atoms with Crippen molar-refractivity contribution in [3.63, 3.8) is 0 Å². The molecule has 1 amide bonds. The van der Waals surface area contributed by atoms with E-state index >= 15 is 0 Å². The van der Waals surface area contributed by atoms with Crippen LogP contribution in [-0.2, 0) is 19.7 Å². The van der Waals surface area contributed by atoms with Crippen molar-refractivity contribution in [2.75, 3.05) is 19.0 Å². The number of methoxy groups -OCH3 is 1. The maximum absolute atomic E-state index is 12.0. The van der Waals surface area contributed by atoms with Gasteiger partial charge < -0.3 is 14.8 Å². The Labute approximate surface area is 110 Å². The van der Waals surface area contributed by atoms with E-state index in [2.05, 4.69) is 5.32 Å². The Balaban J connectivity index is 1.98. The van der Waals surface area contributed by atoms with Crippen molar-refractivity contribution in [1.29, 1.82) is 0 Å². The lowest BCUT2D eigenvalue weighted by atomic mass is 9.64. The lowest BCUT2D eigenvalue weighted by molar-refractivity contribution is -0.151. The summed E-state index contributed by atoms with van der Waals surface area (Å²) in [5.74, 6) is 0.261. The molecule has 1 aliphatic carbocycles. The normalized spacial score (nSPS) is 19.5. The van der Waals surface area contributed by atoms with Crippen LogP contribution in [0, 0.1) is 0 Å². The van der Waals surface area contributed by atoms with Crippen molar-refractivity contribution in [1.82, 2.24) is 0 Å². The Hall–Kier alpha value is -2.04. The molecule has 1 N–H and O–H groups in total. The Morgan fingerprint density at radius 2 is 2.21 bits per heavy atom. The summed E-state index contributed by atoms with van der Waals surface area (Å²) in [4.78, 5) is 23.2. The Morgan fingerprint density at radius 3 is 2.84 bits per heavy atom. The molecule has 1 aromatic rings. The quantitative estimate of drug-likeness (QED) is 0.821. The highest BCUT2D eigenvalue weighted by Gasteiger charge is 2.47. The molecule has 2 aliphatic rings. The number of hydrogen-bond acceptors (Lipinski definition) is 4. The fourth-order valence-corrected chi connectivity index (χ4v) is 2.71. The number of hydrogen-bond donors (Lipinski definition) is 1. The van der Waals surface area contributed by atoms with Gasteiger partial charge in [-0.2, -0.15) is 0 Å². The summed E-state index contributed by atoms with van der Waals surface area (Å²) >= 11 is 0. The number of esters is 1. The third-order valence-electron chi connectivity index (χ3n) is 3.95. The average molecular weight is 261 g/mol. The van der Waals surface area contributed by atoms with E-state index in [9.17, 15) is 9.59 Å². The van der Waals surface area contributed by atoms with Crippen LogP contribution in [0.2, 0.25) is 0 Å². The van der Waals surface area contributed by atoms with Crippen LogP contribution < -0.4 is 10.1 Å². The van der Waals surface area contributed by atoms with Crippen LogP contribution >= 0.6 is 0 Å². The van der Waals surface area contributed by atoms with E-state index in [1.165, 1.54) is 7.11 Å². The molecule has 3 rings (SSSR count). The molecule has 100 valence electrons. The van der Waals surface area contributed by atoms with Gasteiger partial charge >= 0.3 is 5.97 Å². The number of fused-ring (bicyclic) bond motifs is 1. The molecule has 1 aliphatic heterocycles. The van der Waals surface area contributed by atoms with Crippen LogP contribution in [0.25, 0.3) is 0 Å². The molecule has 0 aromatic heterocycles. The monoisotopic (exact) mass is 261 g/mol. The van der Waals surface area contributed by atoms with Crippen molar-refractivity contribution >= 4 is 17.6 Å². The van der Waals surface area contributed by atoms with E-state index < -0.39 is 5.41 Å². The summed E-state index contributed by atoms with van der Waals surface area (Å²) < 4.78 is 10.3. The zero-order chi connectivity index (χ0) is 13.5. The van der Waals surface area contributed by atoms with E-state index in [1.807, 2.05) is 12.1 Å². The second-order valence-corrected chi connectivity index (χ2v) is 4.98. The van der Waals surface area contributed by atoms with Gasteiger partial charge in [-0.05, 0) is 30.5 Å². The molecule has 5 heteroatoms. The number of carbonyl (C=O) groups is 2. The number of benzene rings is 1. The summed E-state index contributed by atoms with van der Waals surface area (Å²) in [6.07, 6.45) is 2.61. The van der Waals surface area contributed by atoms with Crippen LogP contribution in [-0.4, -0.2) is 25.6 Å². The van der Waals surface area contributed by atoms with Gasteiger partial charge in [0.1, 0.15) is 5.75 Å². The highest BCUT2D eigenvalue weighted by Crippen LogP contribution is 2.46. The van der Waals surface area contributed by atoms with Gasteiger partial charge in [0.2, 0.25) is 0 Å². The van der Waals surface area contributed by atoms with Gasteiger partial charge in [0.25, 0.3) is 5.91 Å². The van der Waals surface area contributed by atoms with Crippen LogP contribution in [0.15, 0.2) is 18.2 Å². The molecule has 0 bridgehead atoms. The summed E-state index contributed by atoms with van der Waals surface area (Å²) in [5, 5.41) is 2.74. The molecule has 5 nitrogen and oxygen atoms in total. The van der Waals surface area contributed by atoms with Gasteiger partial charge in [-0.1, -0.05) is 12.5 Å². The standard InChI is InChI=1S/C14H15NO4/c1-18-13(17)14(5-2-6-14)9-3-4-10-11(7-9)19-8-12(16)15-10/h3-4,7H,2,5-6,8H2,1H3,(H,15,16). The predicted molar refractivity (Wildman–Crippen MR) is 68.1 cm³/mol. The van der Waals surface area contributed by atoms with Gasteiger partial charge in [0.05, 0.1) is 18.2 Å². The van der Waals surface area contributed by atoms with E-state index in [0.29, 0.717) is 11.4 Å². The Kier molecular flexibility index (Phi) is 2.69. The molecule has 0 atom stereocenters. The molecule has 1 heterocycles. The Morgan fingerprint density at radius 1 is 1.42 bits per heavy atom. The maximum Gasteiger partial charge on any atom is 0.316 e. The number of nitrogens with one attached hydrogen (secondary N) is 1. The van der Waals surface area contributed by atoms with Gasteiger partial charge in [0, 0.05) is 0 Å². The van der Waals surface area contributed by atoms with Crippen LogP contribution in [0.3, 0.4) is 0 Å². The minimum absolute atomic E-state index is 0.0156. The number of rotatable bonds is 2. The SMILES string of the molecule is COC(=O)C1(c2ccc3c(c2)OCC(=O)N3)CCC1. The Bertz CT molecular complexity index is 548. The second kappa shape index (κ2) is 4.26. The molecule has 1 saturated carbocycles. The first kappa shape index (κ1) is 12.0. The summed E-state index contributed by atoms with van der Waals surface area (Å²) in [5.41, 5.74) is 1.02. The minimum atomic E-state index is -0.533. The second-order valence-electron chi connectivity index (χ2n) is 4.98.